The maximum atomic E-state index is 2.45. The summed E-state index contributed by atoms with van der Waals surface area (Å²) in [5.74, 6) is 0. The van der Waals surface area contributed by atoms with Crippen molar-refractivity contribution in [1.29, 1.82) is 0 Å². The zero-order valence-electron chi connectivity index (χ0n) is 9.01. The van der Waals surface area contributed by atoms with Crippen LogP contribution in [-0.2, 0) is 0 Å². The van der Waals surface area contributed by atoms with E-state index in [2.05, 4.69) is 32.8 Å². The molecular weight excluding hydrogens is 148 g/mol. The smallest absolute Gasteiger partial charge is 0.0915 e. The average molecular weight is 171 g/mol. The molecule has 0 bridgehead atoms. The van der Waals surface area contributed by atoms with Crippen molar-refractivity contribution in [3.63, 3.8) is 0 Å². The average Bonchev–Trinajstić information content (AvgIpc) is 2.15. The molecule has 1 saturated heterocycles. The van der Waals surface area contributed by atoms with Crippen LogP contribution in [0.5, 0.6) is 0 Å². The Morgan fingerprint density at radius 3 is 2.42 bits per heavy atom. The van der Waals surface area contributed by atoms with Gasteiger partial charge in [0, 0.05) is 19.5 Å². The number of rotatable bonds is 1. The summed E-state index contributed by atoms with van der Waals surface area (Å²) in [6, 6.07) is 0.775. The van der Waals surface area contributed by atoms with Gasteiger partial charge in [0.2, 0.25) is 0 Å². The molecule has 0 radical (unpaired) electrons. The Morgan fingerprint density at radius 1 is 1.17 bits per heavy atom. The van der Waals surface area contributed by atoms with E-state index in [1.807, 2.05) is 0 Å². The molecule has 0 aromatic heterocycles. The van der Waals surface area contributed by atoms with E-state index in [9.17, 15) is 0 Å². The first-order valence-corrected chi connectivity index (χ1v) is 5.07. The number of nitrogens with zero attached hydrogens (tertiary/aromatic N) is 2. The van der Waals surface area contributed by atoms with Crippen LogP contribution in [0.15, 0.2) is 0 Å². The van der Waals surface area contributed by atoms with E-state index in [0.717, 1.165) is 6.04 Å². The quantitative estimate of drug-likeness (QED) is 0.535. The minimum absolute atomic E-state index is 0.775. The summed E-state index contributed by atoms with van der Waals surface area (Å²) in [4.78, 5) is 2.45. The maximum absolute atomic E-state index is 2.45. The molecule has 2 nitrogen and oxygen atoms in total. The standard InChI is InChI=1S/C10H23N2/c1-10(2)12(4)8-5-6-11(3)7-9-12/h10H,5-9H2,1-4H3/q+1. The van der Waals surface area contributed by atoms with Crippen LogP contribution in [-0.4, -0.2) is 55.7 Å². The summed E-state index contributed by atoms with van der Waals surface area (Å²) in [6.07, 6.45) is 1.35. The van der Waals surface area contributed by atoms with Crippen molar-refractivity contribution >= 4 is 0 Å². The number of hydrogen-bond donors (Lipinski definition) is 0. The molecule has 0 saturated carbocycles. The Morgan fingerprint density at radius 2 is 1.83 bits per heavy atom. The predicted octanol–water partition coefficient (Wildman–Crippen LogP) is 1.18. The van der Waals surface area contributed by atoms with Crippen LogP contribution in [0.1, 0.15) is 20.3 Å². The molecule has 0 amide bonds. The highest BCUT2D eigenvalue weighted by Crippen LogP contribution is 2.14. The molecule has 1 aliphatic rings. The SMILES string of the molecule is CC(C)[N+]1(C)CCCN(C)CC1. The lowest BCUT2D eigenvalue weighted by Gasteiger charge is -2.37. The fourth-order valence-corrected chi connectivity index (χ4v) is 1.84. The van der Waals surface area contributed by atoms with Gasteiger partial charge in [-0.25, -0.2) is 0 Å². The largest absolute Gasteiger partial charge is 0.323 e. The van der Waals surface area contributed by atoms with Gasteiger partial charge in [0.15, 0.2) is 0 Å². The second-order valence-electron chi connectivity index (χ2n) is 4.68. The predicted molar refractivity (Wildman–Crippen MR) is 53.2 cm³/mol. The highest BCUT2D eigenvalue weighted by Gasteiger charge is 2.27. The van der Waals surface area contributed by atoms with Crippen LogP contribution in [0.4, 0.5) is 0 Å². The molecule has 0 aromatic carbocycles. The first-order valence-electron chi connectivity index (χ1n) is 5.07. The monoisotopic (exact) mass is 171 g/mol. The zero-order chi connectivity index (χ0) is 9.19. The number of quaternary nitrogens is 1. The van der Waals surface area contributed by atoms with Crippen molar-refractivity contribution in [2.75, 3.05) is 40.3 Å². The second-order valence-corrected chi connectivity index (χ2v) is 4.68. The molecule has 1 fully saturated rings. The van der Waals surface area contributed by atoms with Crippen molar-refractivity contribution in [2.24, 2.45) is 0 Å². The summed E-state index contributed by atoms with van der Waals surface area (Å²) in [7, 11) is 4.62. The lowest BCUT2D eigenvalue weighted by Crippen LogP contribution is -2.51. The Balaban J connectivity index is 2.55. The van der Waals surface area contributed by atoms with Crippen molar-refractivity contribution in [2.45, 2.75) is 26.3 Å². The van der Waals surface area contributed by atoms with E-state index in [-0.39, 0.29) is 0 Å². The third kappa shape index (κ3) is 2.20. The Bertz CT molecular complexity index is 145. The van der Waals surface area contributed by atoms with Gasteiger partial charge in [-0.15, -0.1) is 0 Å². The molecule has 1 heterocycles. The van der Waals surface area contributed by atoms with Gasteiger partial charge >= 0.3 is 0 Å². The van der Waals surface area contributed by atoms with Crippen LogP contribution in [0.2, 0.25) is 0 Å². The van der Waals surface area contributed by atoms with Gasteiger partial charge in [-0.1, -0.05) is 0 Å². The maximum Gasteiger partial charge on any atom is 0.0915 e. The number of hydrogen-bond acceptors (Lipinski definition) is 1. The molecule has 0 aromatic rings. The van der Waals surface area contributed by atoms with Crippen LogP contribution in [0, 0.1) is 0 Å². The minimum Gasteiger partial charge on any atom is -0.323 e. The third-order valence-corrected chi connectivity index (χ3v) is 3.45. The van der Waals surface area contributed by atoms with E-state index >= 15 is 0 Å². The Hall–Kier alpha value is -0.0800. The second kappa shape index (κ2) is 3.75. The normalized spacial score (nSPS) is 33.8. The van der Waals surface area contributed by atoms with Crippen molar-refractivity contribution in [3.05, 3.63) is 0 Å². The molecule has 0 aliphatic carbocycles. The van der Waals surface area contributed by atoms with Gasteiger partial charge in [0.25, 0.3) is 0 Å². The van der Waals surface area contributed by atoms with Crippen molar-refractivity contribution in [1.82, 2.24) is 4.90 Å². The summed E-state index contributed by atoms with van der Waals surface area (Å²) in [6.45, 7) is 9.88. The molecule has 0 spiro atoms. The first kappa shape index (κ1) is 10.0. The molecule has 1 unspecified atom stereocenters. The molecule has 12 heavy (non-hydrogen) atoms. The van der Waals surface area contributed by atoms with Crippen LogP contribution >= 0.6 is 0 Å². The molecule has 0 N–H and O–H groups in total. The molecule has 2 heteroatoms. The van der Waals surface area contributed by atoms with Gasteiger partial charge in [-0.2, -0.15) is 0 Å². The fraction of sp³-hybridized carbons (Fsp3) is 1.00. The summed E-state index contributed by atoms with van der Waals surface area (Å²) < 4.78 is 1.25. The van der Waals surface area contributed by atoms with E-state index in [4.69, 9.17) is 0 Å². The number of likely N-dealkylation sites (N-methyl/N-ethyl adjacent to an activating group) is 2. The summed E-state index contributed by atoms with van der Waals surface area (Å²) in [5, 5.41) is 0. The zero-order valence-corrected chi connectivity index (χ0v) is 9.01. The van der Waals surface area contributed by atoms with E-state index in [0.29, 0.717) is 0 Å². The van der Waals surface area contributed by atoms with Gasteiger partial charge in [-0.05, 0) is 20.9 Å². The van der Waals surface area contributed by atoms with Gasteiger partial charge in [0.1, 0.15) is 0 Å². The lowest BCUT2D eigenvalue weighted by atomic mass is 10.2. The van der Waals surface area contributed by atoms with E-state index < -0.39 is 0 Å². The van der Waals surface area contributed by atoms with E-state index in [1.54, 1.807) is 0 Å². The Labute approximate surface area is 76.7 Å². The highest BCUT2D eigenvalue weighted by molar-refractivity contribution is 4.58. The van der Waals surface area contributed by atoms with Gasteiger partial charge < -0.3 is 9.38 Å². The van der Waals surface area contributed by atoms with Crippen molar-refractivity contribution in [3.8, 4) is 0 Å². The van der Waals surface area contributed by atoms with Crippen LogP contribution in [0.25, 0.3) is 0 Å². The summed E-state index contributed by atoms with van der Waals surface area (Å²) in [5.41, 5.74) is 0. The first-order chi connectivity index (χ1) is 5.54. The van der Waals surface area contributed by atoms with E-state index in [1.165, 1.54) is 37.1 Å². The molecular formula is C10H23N2+. The van der Waals surface area contributed by atoms with Gasteiger partial charge in [-0.3, -0.25) is 0 Å². The fourth-order valence-electron chi connectivity index (χ4n) is 1.84. The van der Waals surface area contributed by atoms with Crippen LogP contribution in [0.3, 0.4) is 0 Å². The van der Waals surface area contributed by atoms with Gasteiger partial charge in [0.05, 0.1) is 26.2 Å². The highest BCUT2D eigenvalue weighted by atomic mass is 15.4. The van der Waals surface area contributed by atoms with Crippen LogP contribution < -0.4 is 0 Å². The minimum atomic E-state index is 0.775. The topological polar surface area (TPSA) is 3.24 Å². The Kier molecular flexibility index (Phi) is 3.13. The lowest BCUT2D eigenvalue weighted by molar-refractivity contribution is -0.927. The summed E-state index contributed by atoms with van der Waals surface area (Å²) >= 11 is 0. The third-order valence-electron chi connectivity index (χ3n) is 3.45. The molecule has 1 aliphatic heterocycles. The van der Waals surface area contributed by atoms with Crippen molar-refractivity contribution < 1.29 is 4.48 Å². The molecule has 1 atom stereocenters. The molecule has 72 valence electrons. The molecule has 1 rings (SSSR count).